The zero-order valence-electron chi connectivity index (χ0n) is 19.1. The van der Waals surface area contributed by atoms with Gasteiger partial charge in [0.05, 0.1) is 17.2 Å². The van der Waals surface area contributed by atoms with E-state index in [1.807, 2.05) is 16.4 Å². The Balaban J connectivity index is 1.30. The molecular formula is C23H27ClFN7O2. The SMILES string of the molecule is CCn1cc(Cl)c2cc(C(=O)NC3CCc4nc(N5CC(N)C(OC)C5)c(F)cc4C3)nnc21. The van der Waals surface area contributed by atoms with Gasteiger partial charge >= 0.3 is 0 Å². The Hall–Kier alpha value is -2.82. The molecule has 180 valence electrons. The van der Waals surface area contributed by atoms with E-state index in [1.165, 1.54) is 6.07 Å². The van der Waals surface area contributed by atoms with Crippen LogP contribution in [0.1, 0.15) is 35.1 Å². The van der Waals surface area contributed by atoms with Gasteiger partial charge in [0.15, 0.2) is 23.0 Å². The first kappa shape index (κ1) is 22.9. The summed E-state index contributed by atoms with van der Waals surface area (Å²) in [5, 5.41) is 12.5. The van der Waals surface area contributed by atoms with Gasteiger partial charge in [-0.05, 0) is 43.9 Å². The van der Waals surface area contributed by atoms with Crippen molar-refractivity contribution >= 4 is 34.4 Å². The molecule has 0 bridgehead atoms. The maximum absolute atomic E-state index is 15.0. The molecule has 1 fully saturated rings. The minimum absolute atomic E-state index is 0.144. The van der Waals surface area contributed by atoms with Gasteiger partial charge in [-0.15, -0.1) is 10.2 Å². The highest BCUT2D eigenvalue weighted by molar-refractivity contribution is 6.35. The van der Waals surface area contributed by atoms with Gasteiger partial charge in [0.1, 0.15) is 0 Å². The fourth-order valence-electron chi connectivity index (χ4n) is 4.84. The number of halogens is 2. The molecule has 0 aromatic carbocycles. The van der Waals surface area contributed by atoms with Crippen molar-refractivity contribution in [3.63, 3.8) is 0 Å². The molecule has 4 heterocycles. The third-order valence-corrected chi connectivity index (χ3v) is 7.02. The van der Waals surface area contributed by atoms with Crippen LogP contribution >= 0.6 is 11.6 Å². The van der Waals surface area contributed by atoms with E-state index in [9.17, 15) is 9.18 Å². The number of hydrogen-bond acceptors (Lipinski definition) is 7. The molecule has 1 amide bonds. The van der Waals surface area contributed by atoms with Crippen LogP contribution in [0, 0.1) is 5.82 Å². The Morgan fingerprint density at radius 3 is 2.91 bits per heavy atom. The molecule has 3 unspecified atom stereocenters. The normalized spacial score (nSPS) is 22.3. The third-order valence-electron chi connectivity index (χ3n) is 6.71. The van der Waals surface area contributed by atoms with Gasteiger partial charge < -0.3 is 25.3 Å². The summed E-state index contributed by atoms with van der Waals surface area (Å²) >= 11 is 6.30. The van der Waals surface area contributed by atoms with Crippen molar-refractivity contribution in [1.82, 2.24) is 25.1 Å². The van der Waals surface area contributed by atoms with Crippen molar-refractivity contribution in [2.45, 2.75) is 50.9 Å². The Morgan fingerprint density at radius 2 is 2.18 bits per heavy atom. The molecule has 3 aromatic heterocycles. The maximum Gasteiger partial charge on any atom is 0.272 e. The highest BCUT2D eigenvalue weighted by Crippen LogP contribution is 2.29. The minimum atomic E-state index is -0.388. The average molecular weight is 488 g/mol. The van der Waals surface area contributed by atoms with Gasteiger partial charge in [-0.2, -0.15) is 0 Å². The fourth-order valence-corrected chi connectivity index (χ4v) is 5.10. The molecule has 9 nitrogen and oxygen atoms in total. The first-order valence-electron chi connectivity index (χ1n) is 11.4. The van der Waals surface area contributed by atoms with Crippen molar-refractivity contribution in [3.8, 4) is 0 Å². The number of methoxy groups -OCH3 is 1. The quantitative estimate of drug-likeness (QED) is 0.566. The highest BCUT2D eigenvalue weighted by Gasteiger charge is 2.33. The van der Waals surface area contributed by atoms with Crippen LogP contribution < -0.4 is 16.0 Å². The third kappa shape index (κ3) is 4.10. The number of anilines is 1. The van der Waals surface area contributed by atoms with Gasteiger partial charge in [-0.25, -0.2) is 9.37 Å². The molecule has 3 N–H and O–H groups in total. The minimum Gasteiger partial charge on any atom is -0.378 e. The van der Waals surface area contributed by atoms with E-state index in [0.29, 0.717) is 60.8 Å². The summed E-state index contributed by atoms with van der Waals surface area (Å²) < 4.78 is 22.2. The molecule has 3 aromatic rings. The fraction of sp³-hybridized carbons (Fsp3) is 0.478. The van der Waals surface area contributed by atoms with E-state index in [4.69, 9.17) is 22.1 Å². The lowest BCUT2D eigenvalue weighted by Gasteiger charge is -2.27. The molecule has 0 spiro atoms. The van der Waals surface area contributed by atoms with E-state index in [0.717, 1.165) is 11.3 Å². The topological polar surface area (TPSA) is 111 Å². The van der Waals surface area contributed by atoms with Crippen LogP contribution in [0.2, 0.25) is 5.02 Å². The van der Waals surface area contributed by atoms with Crippen molar-refractivity contribution < 1.29 is 13.9 Å². The second kappa shape index (κ2) is 9.09. The number of nitrogens with two attached hydrogens (primary N) is 1. The summed E-state index contributed by atoms with van der Waals surface area (Å²) in [6.07, 6.45) is 3.46. The number of nitrogens with one attached hydrogen (secondary N) is 1. The van der Waals surface area contributed by atoms with Crippen LogP contribution in [0.25, 0.3) is 11.0 Å². The van der Waals surface area contributed by atoms with Gasteiger partial charge in [0.2, 0.25) is 0 Å². The van der Waals surface area contributed by atoms with E-state index >= 15 is 0 Å². The number of hydrogen-bond donors (Lipinski definition) is 2. The molecule has 1 saturated heterocycles. The van der Waals surface area contributed by atoms with Crippen molar-refractivity contribution in [2.24, 2.45) is 5.73 Å². The number of pyridine rings is 1. The van der Waals surface area contributed by atoms with Crippen LogP contribution in [0.4, 0.5) is 10.2 Å². The number of aromatic nitrogens is 4. The molecule has 1 aliphatic heterocycles. The number of carbonyl (C=O) groups is 1. The van der Waals surface area contributed by atoms with Crippen LogP contribution in [-0.2, 0) is 24.1 Å². The maximum atomic E-state index is 15.0. The summed E-state index contributed by atoms with van der Waals surface area (Å²) in [5.74, 6) is -0.401. The number of carbonyl (C=O) groups excluding carboxylic acids is 1. The molecule has 2 aliphatic rings. The van der Waals surface area contributed by atoms with Crippen molar-refractivity contribution in [2.75, 3.05) is 25.1 Å². The number of amides is 1. The Bertz CT molecular complexity index is 1250. The van der Waals surface area contributed by atoms with Gasteiger partial charge in [-0.1, -0.05) is 11.6 Å². The first-order chi connectivity index (χ1) is 16.4. The zero-order chi connectivity index (χ0) is 24.0. The molecule has 3 atom stereocenters. The van der Waals surface area contributed by atoms with Gasteiger partial charge in [0.25, 0.3) is 5.91 Å². The Kier molecular flexibility index (Phi) is 6.13. The van der Waals surface area contributed by atoms with Crippen LogP contribution in [-0.4, -0.2) is 64.0 Å². The van der Waals surface area contributed by atoms with E-state index in [1.54, 1.807) is 19.4 Å². The predicted octanol–water partition coefficient (Wildman–Crippen LogP) is 2.09. The summed E-state index contributed by atoms with van der Waals surface area (Å²) in [6.45, 7) is 3.69. The number of fused-ring (bicyclic) bond motifs is 2. The van der Waals surface area contributed by atoms with Crippen LogP contribution in [0.15, 0.2) is 18.3 Å². The Morgan fingerprint density at radius 1 is 1.35 bits per heavy atom. The van der Waals surface area contributed by atoms with Gasteiger partial charge in [0, 0.05) is 50.1 Å². The second-order valence-corrected chi connectivity index (χ2v) is 9.29. The smallest absolute Gasteiger partial charge is 0.272 e. The van der Waals surface area contributed by atoms with E-state index in [2.05, 4.69) is 20.5 Å². The number of ether oxygens (including phenoxy) is 1. The van der Waals surface area contributed by atoms with E-state index in [-0.39, 0.29) is 35.6 Å². The zero-order valence-corrected chi connectivity index (χ0v) is 19.8. The van der Waals surface area contributed by atoms with Crippen LogP contribution in [0.3, 0.4) is 0 Å². The first-order valence-corrected chi connectivity index (χ1v) is 11.8. The summed E-state index contributed by atoms with van der Waals surface area (Å²) in [4.78, 5) is 19.3. The second-order valence-electron chi connectivity index (χ2n) is 8.89. The van der Waals surface area contributed by atoms with Crippen molar-refractivity contribution in [3.05, 3.63) is 46.1 Å². The van der Waals surface area contributed by atoms with Crippen LogP contribution in [0.5, 0.6) is 0 Å². The largest absolute Gasteiger partial charge is 0.378 e. The molecule has 1 aliphatic carbocycles. The summed E-state index contributed by atoms with van der Waals surface area (Å²) in [6, 6.07) is 2.85. The predicted molar refractivity (Wildman–Crippen MR) is 127 cm³/mol. The number of rotatable bonds is 5. The molecule has 0 saturated carbocycles. The van der Waals surface area contributed by atoms with Crippen molar-refractivity contribution in [1.29, 1.82) is 0 Å². The lowest BCUT2D eigenvalue weighted by molar-refractivity contribution is 0.0927. The standard InChI is InChI=1S/C23H27ClFN7O2/c1-3-31-9-15(24)14-8-19(29-30-21(14)31)23(33)27-13-4-5-18-12(6-13)7-16(25)22(28-18)32-10-17(26)20(11-32)34-2/h7-9,13,17,20H,3-6,10-11,26H2,1-2H3,(H,27,33). The number of nitrogens with zero attached hydrogens (tertiary/aromatic N) is 5. The molecule has 0 radical (unpaired) electrons. The highest BCUT2D eigenvalue weighted by atomic mass is 35.5. The summed E-state index contributed by atoms with van der Waals surface area (Å²) in [7, 11) is 1.61. The van der Waals surface area contributed by atoms with E-state index < -0.39 is 0 Å². The Labute approximate surface area is 201 Å². The monoisotopic (exact) mass is 487 g/mol. The molecular weight excluding hydrogens is 461 g/mol. The molecule has 11 heteroatoms. The lowest BCUT2D eigenvalue weighted by atomic mass is 9.91. The molecule has 34 heavy (non-hydrogen) atoms. The lowest BCUT2D eigenvalue weighted by Crippen LogP contribution is -2.39. The number of aryl methyl sites for hydroxylation is 2. The summed E-state index contributed by atoms with van der Waals surface area (Å²) in [5.41, 5.74) is 8.58. The average Bonchev–Trinajstić information content (AvgIpc) is 3.37. The van der Waals surface area contributed by atoms with Gasteiger partial charge in [-0.3, -0.25) is 4.79 Å². The molecule has 5 rings (SSSR count).